The van der Waals surface area contributed by atoms with E-state index in [4.69, 9.17) is 21.1 Å². The van der Waals surface area contributed by atoms with Crippen molar-refractivity contribution in [2.24, 2.45) is 0 Å². The summed E-state index contributed by atoms with van der Waals surface area (Å²) in [6.07, 6.45) is 1.88. The third-order valence-corrected chi connectivity index (χ3v) is 4.13. The number of pyridine rings is 1. The van der Waals surface area contributed by atoms with Crippen LogP contribution in [-0.2, 0) is 0 Å². The molecule has 1 aliphatic heterocycles. The van der Waals surface area contributed by atoms with Gasteiger partial charge in [-0.15, -0.1) is 0 Å². The molecule has 0 unspecified atom stereocenters. The van der Waals surface area contributed by atoms with E-state index in [1.165, 1.54) is 0 Å². The Balaban J connectivity index is 1.97. The highest BCUT2D eigenvalue weighted by atomic mass is 35.5. The predicted molar refractivity (Wildman–Crippen MR) is 82.2 cm³/mol. The highest BCUT2D eigenvalue weighted by Crippen LogP contribution is 2.39. The molecule has 0 atom stereocenters. The molecule has 102 valence electrons. The maximum Gasteiger partial charge on any atom is 0.231 e. The number of hydrogen-bond donors (Lipinski definition) is 1. The van der Waals surface area contributed by atoms with Crippen LogP contribution in [0.3, 0.4) is 0 Å². The SMILES string of the molecule is Clc1ccc2c(c1)[nH]c1c3cc4c(cc3ncc21)OCO4. The summed E-state index contributed by atoms with van der Waals surface area (Å²) >= 11 is 6.07. The first-order valence-corrected chi connectivity index (χ1v) is 6.97. The lowest BCUT2D eigenvalue weighted by atomic mass is 10.1. The van der Waals surface area contributed by atoms with E-state index in [9.17, 15) is 0 Å². The molecular formula is C16H9ClN2O2. The van der Waals surface area contributed by atoms with E-state index < -0.39 is 0 Å². The smallest absolute Gasteiger partial charge is 0.231 e. The fourth-order valence-electron chi connectivity index (χ4n) is 2.91. The molecule has 2 aromatic heterocycles. The minimum absolute atomic E-state index is 0.261. The number of halogens is 1. The van der Waals surface area contributed by atoms with Crippen molar-refractivity contribution in [3.05, 3.63) is 41.6 Å². The lowest BCUT2D eigenvalue weighted by molar-refractivity contribution is 0.174. The molecule has 0 bridgehead atoms. The van der Waals surface area contributed by atoms with E-state index in [-0.39, 0.29) is 6.79 Å². The summed E-state index contributed by atoms with van der Waals surface area (Å²) in [4.78, 5) is 7.98. The maximum atomic E-state index is 6.07. The molecule has 0 amide bonds. The Hall–Kier alpha value is -2.46. The van der Waals surface area contributed by atoms with Gasteiger partial charge in [0.05, 0.1) is 11.0 Å². The summed E-state index contributed by atoms with van der Waals surface area (Å²) < 4.78 is 10.9. The lowest BCUT2D eigenvalue weighted by Crippen LogP contribution is -1.92. The van der Waals surface area contributed by atoms with Gasteiger partial charge in [-0.2, -0.15) is 0 Å². The predicted octanol–water partition coefficient (Wildman–Crippen LogP) is 4.25. The molecular weight excluding hydrogens is 288 g/mol. The van der Waals surface area contributed by atoms with Gasteiger partial charge in [0.15, 0.2) is 11.5 Å². The van der Waals surface area contributed by atoms with Crippen molar-refractivity contribution in [2.75, 3.05) is 6.79 Å². The molecule has 1 N–H and O–H groups in total. The average Bonchev–Trinajstić information content (AvgIpc) is 3.07. The Labute approximate surface area is 124 Å². The van der Waals surface area contributed by atoms with E-state index in [1.807, 2.05) is 36.5 Å². The average molecular weight is 297 g/mol. The lowest BCUT2D eigenvalue weighted by Gasteiger charge is -2.01. The molecule has 4 aromatic rings. The topological polar surface area (TPSA) is 47.1 Å². The normalized spacial score (nSPS) is 13.6. The summed E-state index contributed by atoms with van der Waals surface area (Å²) in [7, 11) is 0. The molecule has 0 aliphatic carbocycles. The second-order valence-corrected chi connectivity index (χ2v) is 5.52. The standard InChI is InChI=1S/C16H9ClN2O2/c17-8-1-2-9-11-6-18-12-5-15-14(20-7-21-15)4-10(12)16(11)19-13(9)3-8/h1-6,19H,7H2. The zero-order chi connectivity index (χ0) is 14.0. The van der Waals surface area contributed by atoms with E-state index in [0.717, 1.165) is 44.2 Å². The van der Waals surface area contributed by atoms with Gasteiger partial charge in [0, 0.05) is 39.0 Å². The van der Waals surface area contributed by atoms with Crippen molar-refractivity contribution in [3.63, 3.8) is 0 Å². The van der Waals surface area contributed by atoms with Crippen LogP contribution < -0.4 is 9.47 Å². The minimum atomic E-state index is 0.261. The quantitative estimate of drug-likeness (QED) is 0.527. The zero-order valence-corrected chi connectivity index (χ0v) is 11.6. The fourth-order valence-corrected chi connectivity index (χ4v) is 3.08. The summed E-state index contributed by atoms with van der Waals surface area (Å²) in [5.41, 5.74) is 2.92. The Kier molecular flexibility index (Phi) is 2.03. The van der Waals surface area contributed by atoms with Crippen molar-refractivity contribution < 1.29 is 9.47 Å². The van der Waals surface area contributed by atoms with Gasteiger partial charge in [0.2, 0.25) is 6.79 Å². The van der Waals surface area contributed by atoms with E-state index >= 15 is 0 Å². The number of aromatic amines is 1. The molecule has 0 saturated heterocycles. The summed E-state index contributed by atoms with van der Waals surface area (Å²) in [5, 5.41) is 3.92. The first kappa shape index (κ1) is 11.2. The molecule has 4 nitrogen and oxygen atoms in total. The Bertz CT molecular complexity index is 1040. The van der Waals surface area contributed by atoms with Crippen LogP contribution in [0.15, 0.2) is 36.5 Å². The number of hydrogen-bond acceptors (Lipinski definition) is 3. The number of ether oxygens (including phenoxy) is 2. The highest BCUT2D eigenvalue weighted by Gasteiger charge is 2.17. The summed E-state index contributed by atoms with van der Waals surface area (Å²) in [6, 6.07) is 9.72. The number of nitrogens with zero attached hydrogens (tertiary/aromatic N) is 1. The van der Waals surface area contributed by atoms with Crippen molar-refractivity contribution in [3.8, 4) is 11.5 Å². The van der Waals surface area contributed by atoms with Crippen LogP contribution in [0.25, 0.3) is 32.7 Å². The molecule has 0 fully saturated rings. The number of nitrogens with one attached hydrogen (secondary N) is 1. The van der Waals surface area contributed by atoms with Crippen LogP contribution in [0, 0.1) is 0 Å². The van der Waals surface area contributed by atoms with Crippen molar-refractivity contribution >= 4 is 44.3 Å². The fraction of sp³-hybridized carbons (Fsp3) is 0.0625. The van der Waals surface area contributed by atoms with Gasteiger partial charge in [-0.3, -0.25) is 4.98 Å². The highest BCUT2D eigenvalue weighted by molar-refractivity contribution is 6.31. The van der Waals surface area contributed by atoms with Crippen molar-refractivity contribution in [1.29, 1.82) is 0 Å². The second kappa shape index (κ2) is 3.80. The van der Waals surface area contributed by atoms with Crippen LogP contribution in [-0.4, -0.2) is 16.8 Å². The van der Waals surface area contributed by atoms with E-state index in [2.05, 4.69) is 9.97 Å². The number of fused-ring (bicyclic) bond motifs is 6. The van der Waals surface area contributed by atoms with Gasteiger partial charge in [-0.25, -0.2) is 0 Å². The van der Waals surface area contributed by atoms with Crippen LogP contribution in [0.2, 0.25) is 5.02 Å². The molecule has 5 rings (SSSR count). The van der Waals surface area contributed by atoms with Gasteiger partial charge < -0.3 is 14.5 Å². The van der Waals surface area contributed by atoms with Crippen LogP contribution in [0.5, 0.6) is 11.5 Å². The van der Waals surface area contributed by atoms with E-state index in [1.54, 1.807) is 0 Å². The molecule has 5 heteroatoms. The Morgan fingerprint density at radius 3 is 2.76 bits per heavy atom. The van der Waals surface area contributed by atoms with Gasteiger partial charge >= 0.3 is 0 Å². The van der Waals surface area contributed by atoms with Crippen LogP contribution >= 0.6 is 11.6 Å². The van der Waals surface area contributed by atoms with Crippen LogP contribution in [0.1, 0.15) is 0 Å². The van der Waals surface area contributed by atoms with Gasteiger partial charge in [0.1, 0.15) is 0 Å². The summed E-state index contributed by atoms with van der Waals surface area (Å²) in [6.45, 7) is 0.261. The number of H-pyrrole nitrogens is 1. The monoisotopic (exact) mass is 296 g/mol. The molecule has 1 aliphatic rings. The third-order valence-electron chi connectivity index (χ3n) is 3.89. The molecule has 3 heterocycles. The summed E-state index contributed by atoms with van der Waals surface area (Å²) in [5.74, 6) is 1.50. The second-order valence-electron chi connectivity index (χ2n) is 5.08. The Morgan fingerprint density at radius 1 is 1.00 bits per heavy atom. The minimum Gasteiger partial charge on any atom is -0.454 e. The number of benzene rings is 2. The molecule has 2 aromatic carbocycles. The molecule has 0 radical (unpaired) electrons. The molecule has 21 heavy (non-hydrogen) atoms. The first-order chi connectivity index (χ1) is 10.3. The van der Waals surface area contributed by atoms with Gasteiger partial charge in [0.25, 0.3) is 0 Å². The van der Waals surface area contributed by atoms with Gasteiger partial charge in [-0.1, -0.05) is 17.7 Å². The molecule has 0 saturated carbocycles. The Morgan fingerprint density at radius 2 is 1.86 bits per heavy atom. The maximum absolute atomic E-state index is 6.07. The first-order valence-electron chi connectivity index (χ1n) is 6.59. The number of rotatable bonds is 0. The van der Waals surface area contributed by atoms with Crippen LogP contribution in [0.4, 0.5) is 0 Å². The molecule has 0 spiro atoms. The van der Waals surface area contributed by atoms with Crippen molar-refractivity contribution in [2.45, 2.75) is 0 Å². The zero-order valence-electron chi connectivity index (χ0n) is 10.8. The van der Waals surface area contributed by atoms with E-state index in [0.29, 0.717) is 5.02 Å². The number of aromatic nitrogens is 2. The third kappa shape index (κ3) is 1.48. The van der Waals surface area contributed by atoms with Crippen molar-refractivity contribution in [1.82, 2.24) is 9.97 Å². The largest absolute Gasteiger partial charge is 0.454 e. The van der Waals surface area contributed by atoms with Gasteiger partial charge in [-0.05, 0) is 18.2 Å².